The predicted octanol–water partition coefficient (Wildman–Crippen LogP) is 11.3. The summed E-state index contributed by atoms with van der Waals surface area (Å²) in [5.74, 6) is 0. The van der Waals surface area contributed by atoms with Crippen molar-refractivity contribution >= 4 is 74.1 Å². The van der Waals surface area contributed by atoms with Gasteiger partial charge in [-0.25, -0.2) is 10.8 Å². The zero-order valence-electron chi connectivity index (χ0n) is 31.3. The highest BCUT2D eigenvalue weighted by molar-refractivity contribution is 7.94. The van der Waals surface area contributed by atoms with Crippen molar-refractivity contribution in [1.82, 2.24) is 0 Å². The highest BCUT2D eigenvalue weighted by Gasteiger charge is 2.25. The maximum atomic E-state index is 2.37. The molecule has 0 aromatic heterocycles. The largest absolute Gasteiger partial charge is 0.247 e. The van der Waals surface area contributed by atoms with Crippen molar-refractivity contribution in [2.45, 2.75) is 12.8 Å². The fraction of sp³-hybridized carbons (Fsp3) is 0.0385. The van der Waals surface area contributed by atoms with Crippen LogP contribution in [0.3, 0.4) is 0 Å². The molecule has 8 aromatic rings. The van der Waals surface area contributed by atoms with Gasteiger partial charge in [0, 0.05) is 0 Å². The molecule has 0 unspecified atom stereocenters. The molecule has 0 saturated carbocycles. The number of hydrogen-bond acceptors (Lipinski definition) is 0. The Bertz CT molecular complexity index is 1820. The molecule has 0 saturated heterocycles. The highest BCUT2D eigenvalue weighted by Crippen LogP contribution is 2.69. The summed E-state index contributed by atoms with van der Waals surface area (Å²) in [5, 5.41) is 14.6. The summed E-state index contributed by atoms with van der Waals surface area (Å²) in [6, 6.07) is 90.8. The Labute approximate surface area is 338 Å². The first kappa shape index (κ1) is 38.4. The van der Waals surface area contributed by atoms with Crippen molar-refractivity contribution in [3.8, 4) is 0 Å². The van der Waals surface area contributed by atoms with Gasteiger partial charge in [0.05, 0.1) is 0 Å². The van der Waals surface area contributed by atoms with Crippen molar-refractivity contribution in [2.75, 3.05) is 0 Å². The third-order valence-electron chi connectivity index (χ3n) is 9.72. The van der Waals surface area contributed by atoms with Crippen molar-refractivity contribution in [2.24, 2.45) is 0 Å². The van der Waals surface area contributed by atoms with Crippen LogP contribution in [0.5, 0.6) is 0 Å². The van der Waals surface area contributed by atoms with E-state index < -0.39 is 31.7 Å². The van der Waals surface area contributed by atoms with E-state index in [1.165, 1.54) is 42.4 Å². The van der Waals surface area contributed by atoms with Gasteiger partial charge < -0.3 is 0 Å². The van der Waals surface area contributed by atoms with Gasteiger partial charge in [0.25, 0.3) is 0 Å². The number of benzene rings is 8. The van der Waals surface area contributed by atoms with Crippen LogP contribution in [0.2, 0.25) is 0 Å². The van der Waals surface area contributed by atoms with Crippen LogP contribution in [0, 0.1) is 10.8 Å². The van der Waals surface area contributed by atoms with Gasteiger partial charge in [-0.05, 0) is 0 Å². The highest BCUT2D eigenvalue weighted by atomic mass is 31.2. The van der Waals surface area contributed by atoms with Crippen LogP contribution in [0.4, 0.5) is 0 Å². The van der Waals surface area contributed by atoms with Gasteiger partial charge >= 0.3 is 0 Å². The van der Waals surface area contributed by atoms with Crippen molar-refractivity contribution < 1.29 is 0 Å². The van der Waals surface area contributed by atoms with Gasteiger partial charge in [-0.2, -0.15) is 44.5 Å². The number of rotatable bonds is 15. The molecule has 56 heavy (non-hydrogen) atoms. The van der Waals surface area contributed by atoms with Gasteiger partial charge in [-0.3, -0.25) is 0 Å². The molecule has 0 aliphatic rings. The quantitative estimate of drug-likeness (QED) is 0.0717. The monoisotopic (exact) mass is 792 g/mol. The molecule has 274 valence electrons. The molecule has 0 nitrogen and oxygen atoms in total. The Kier molecular flexibility index (Phi) is 13.4. The van der Waals surface area contributed by atoms with Gasteiger partial charge in [-0.1, -0.05) is 285 Å². The van der Waals surface area contributed by atoms with E-state index in [4.69, 9.17) is 0 Å². The predicted molar refractivity (Wildman–Crippen MR) is 252 cm³/mol. The van der Waals surface area contributed by atoms with E-state index >= 15 is 0 Å². The summed E-state index contributed by atoms with van der Waals surface area (Å²) < 4.78 is 0. The summed E-state index contributed by atoms with van der Waals surface area (Å²) in [6.45, 7) is 0. The average Bonchev–Trinajstić information content (AvgIpc) is 3.28. The molecule has 0 spiro atoms. The zero-order valence-corrected chi connectivity index (χ0v) is 34.9. The van der Waals surface area contributed by atoms with Crippen LogP contribution in [0.1, 0.15) is 12.8 Å². The molecule has 0 amide bonds. The lowest BCUT2D eigenvalue weighted by molar-refractivity contribution is 0.972. The van der Waals surface area contributed by atoms with Gasteiger partial charge in [-0.15, -0.1) is 0 Å². The van der Waals surface area contributed by atoms with Crippen LogP contribution in [0.15, 0.2) is 243 Å². The molecule has 0 aliphatic heterocycles. The zero-order chi connectivity index (χ0) is 37.8. The van der Waals surface area contributed by atoms with Crippen molar-refractivity contribution in [3.05, 3.63) is 253 Å². The Hall–Kier alpha value is -4.52. The maximum absolute atomic E-state index is 2.37. The third kappa shape index (κ3) is 9.19. The summed E-state index contributed by atoms with van der Waals surface area (Å²) in [7, 11) is -3.36. The summed E-state index contributed by atoms with van der Waals surface area (Å²) in [6.07, 6.45) is 1.97. The maximum Gasteiger partial charge on any atom is -0.0500 e. The molecule has 8 aromatic carbocycles. The van der Waals surface area contributed by atoms with Gasteiger partial charge in [0.15, 0.2) is 0 Å². The van der Waals surface area contributed by atoms with E-state index in [9.17, 15) is 0 Å². The number of hydrogen-bond donors (Lipinski definition) is 0. The van der Waals surface area contributed by atoms with E-state index in [-0.39, 0.29) is 0 Å². The summed E-state index contributed by atoms with van der Waals surface area (Å²) >= 11 is 0. The Morgan fingerprint density at radius 2 is 0.321 bits per heavy atom. The molecule has 8 rings (SSSR count). The lowest BCUT2D eigenvalue weighted by Crippen LogP contribution is -2.25. The van der Waals surface area contributed by atoms with Crippen molar-refractivity contribution in [1.29, 1.82) is 0 Å². The Morgan fingerprint density at radius 3 is 0.446 bits per heavy atom. The topological polar surface area (TPSA) is 0 Å². The molecule has 0 aliphatic carbocycles. The molecule has 0 atom stereocenters. The first-order valence-electron chi connectivity index (χ1n) is 19.2. The second-order valence-electron chi connectivity index (χ2n) is 13.4. The Morgan fingerprint density at radius 1 is 0.196 bits per heavy atom. The van der Waals surface area contributed by atoms with E-state index in [0.717, 1.165) is 12.8 Å². The minimum Gasteiger partial charge on any atom is -0.247 e. The first-order valence-corrected chi connectivity index (χ1v) is 24.5. The van der Waals surface area contributed by atoms with Crippen LogP contribution in [-0.2, 0) is 0 Å². The van der Waals surface area contributed by atoms with Crippen LogP contribution in [-0.4, -0.2) is 0 Å². The van der Waals surface area contributed by atoms with Crippen molar-refractivity contribution in [3.63, 3.8) is 0 Å². The molecule has 4 heteroatoms. The standard InChI is InChI=1S/C52H44P4/c1-9-25-43(26-10-1)53(44-27-11-2-12-28-44)51(54(45-29-13-3-14-30-45)46-31-15-4-16-32-46)41-42-52(55(47-33-17-5-18-34-47)48-35-19-6-20-36-48)56(49-37-21-7-22-38-49)50-39-23-8-24-40-50/h1-40H,41-42H2/q-2. The lowest BCUT2D eigenvalue weighted by atomic mass is 10.3. The van der Waals surface area contributed by atoms with E-state index in [2.05, 4.69) is 243 Å². The summed E-state index contributed by atoms with van der Waals surface area (Å²) in [4.78, 5) is 0. The van der Waals surface area contributed by atoms with E-state index in [0.29, 0.717) is 0 Å². The third-order valence-corrected chi connectivity index (χ3v) is 21.6. The fourth-order valence-corrected chi connectivity index (χ4v) is 20.3. The average molecular weight is 793 g/mol. The molecule has 0 bridgehead atoms. The minimum absolute atomic E-state index is 0.841. The second kappa shape index (κ2) is 19.6. The van der Waals surface area contributed by atoms with Gasteiger partial charge in [0.1, 0.15) is 0 Å². The molecular formula is C52H44P4-2. The molecule has 0 radical (unpaired) electrons. The first-order chi connectivity index (χ1) is 27.8. The Balaban J connectivity index is 1.35. The van der Waals surface area contributed by atoms with Gasteiger partial charge in [0.2, 0.25) is 0 Å². The molecule has 0 heterocycles. The van der Waals surface area contributed by atoms with Crippen LogP contribution >= 0.6 is 31.7 Å². The molecular weight excluding hydrogens is 748 g/mol. The van der Waals surface area contributed by atoms with Crippen LogP contribution < -0.4 is 42.4 Å². The molecule has 0 N–H and O–H groups in total. The minimum atomic E-state index is -0.841. The normalized spacial score (nSPS) is 11.6. The van der Waals surface area contributed by atoms with E-state index in [1.807, 2.05) is 0 Å². The summed E-state index contributed by atoms with van der Waals surface area (Å²) in [5.41, 5.74) is 0. The van der Waals surface area contributed by atoms with E-state index in [1.54, 1.807) is 10.8 Å². The molecule has 0 fully saturated rings. The SMILES string of the molecule is c1ccc(P(c2ccccc2)[C-](CC[C-](P(c2ccccc2)c2ccccc2)P(c2ccccc2)c2ccccc2)P(c2ccccc2)c2ccccc2)cc1. The lowest BCUT2D eigenvalue weighted by Gasteiger charge is -2.54. The van der Waals surface area contributed by atoms with Crippen LogP contribution in [0.25, 0.3) is 0 Å². The smallest absolute Gasteiger partial charge is 0.0500 e. The fourth-order valence-electron chi connectivity index (χ4n) is 7.28. The second-order valence-corrected chi connectivity index (χ2v) is 23.0.